The molecule has 0 aliphatic carbocycles. The lowest BCUT2D eigenvalue weighted by Gasteiger charge is -2.35. The van der Waals surface area contributed by atoms with Gasteiger partial charge in [0.1, 0.15) is 18.5 Å². The molecule has 2 heterocycles. The largest absolute Gasteiger partial charge is 0.489 e. The highest BCUT2D eigenvalue weighted by Crippen LogP contribution is 2.30. The van der Waals surface area contributed by atoms with Crippen LogP contribution in [0.15, 0.2) is 6.07 Å². The SMILES string of the molecule is CCc1cc(OCC2CN(C(C)C)CCO2)c(C(=O)O)s1. The van der Waals surface area contributed by atoms with Gasteiger partial charge in [0.15, 0.2) is 4.88 Å². The van der Waals surface area contributed by atoms with Gasteiger partial charge in [-0.1, -0.05) is 6.92 Å². The standard InChI is InChI=1S/C15H23NO4S/c1-4-12-7-13(14(21-12)15(17)18)20-9-11-8-16(10(2)3)5-6-19-11/h7,10-11H,4-6,8-9H2,1-3H3,(H,17,18). The number of rotatable bonds is 6. The first-order valence-electron chi connectivity index (χ1n) is 7.35. The number of aryl methyl sites for hydroxylation is 1. The van der Waals surface area contributed by atoms with Crippen molar-refractivity contribution in [1.82, 2.24) is 4.90 Å². The number of morpholine rings is 1. The number of nitrogens with zero attached hydrogens (tertiary/aromatic N) is 1. The van der Waals surface area contributed by atoms with Crippen LogP contribution in [-0.4, -0.2) is 54.4 Å². The monoisotopic (exact) mass is 313 g/mol. The molecule has 0 spiro atoms. The maximum atomic E-state index is 11.2. The van der Waals surface area contributed by atoms with E-state index in [1.807, 2.05) is 13.0 Å². The van der Waals surface area contributed by atoms with Crippen LogP contribution in [0.5, 0.6) is 5.75 Å². The molecule has 0 saturated carbocycles. The minimum Gasteiger partial charge on any atom is -0.489 e. The minimum absolute atomic E-state index is 0.00669. The van der Waals surface area contributed by atoms with Crippen molar-refractivity contribution in [3.05, 3.63) is 15.8 Å². The highest BCUT2D eigenvalue weighted by Gasteiger charge is 2.24. The first kappa shape index (κ1) is 16.3. The molecule has 21 heavy (non-hydrogen) atoms. The summed E-state index contributed by atoms with van der Waals surface area (Å²) in [6.07, 6.45) is 0.808. The zero-order valence-electron chi connectivity index (χ0n) is 12.8. The summed E-state index contributed by atoms with van der Waals surface area (Å²) in [6, 6.07) is 2.32. The Balaban J connectivity index is 1.96. The van der Waals surface area contributed by atoms with Crippen LogP contribution in [0, 0.1) is 0 Å². The molecule has 1 saturated heterocycles. The van der Waals surface area contributed by atoms with Gasteiger partial charge in [0.05, 0.1) is 6.61 Å². The molecule has 1 atom stereocenters. The third kappa shape index (κ3) is 4.18. The summed E-state index contributed by atoms with van der Waals surface area (Å²) in [5, 5.41) is 9.22. The summed E-state index contributed by atoms with van der Waals surface area (Å²) in [4.78, 5) is 14.9. The Hall–Kier alpha value is -1.11. The van der Waals surface area contributed by atoms with Gasteiger partial charge in [-0.25, -0.2) is 4.79 Å². The van der Waals surface area contributed by atoms with E-state index in [1.54, 1.807) is 0 Å². The molecule has 5 nitrogen and oxygen atoms in total. The van der Waals surface area contributed by atoms with Crippen LogP contribution in [-0.2, 0) is 11.2 Å². The van der Waals surface area contributed by atoms with Gasteiger partial charge in [0, 0.05) is 24.0 Å². The molecule has 2 rings (SSSR count). The second-order valence-corrected chi connectivity index (χ2v) is 6.59. The van der Waals surface area contributed by atoms with Crippen LogP contribution in [0.3, 0.4) is 0 Å². The summed E-state index contributed by atoms with van der Waals surface area (Å²) in [5.74, 6) is -0.460. The first-order chi connectivity index (χ1) is 10.0. The third-order valence-electron chi connectivity index (χ3n) is 3.62. The Morgan fingerprint density at radius 1 is 1.62 bits per heavy atom. The van der Waals surface area contributed by atoms with Gasteiger partial charge < -0.3 is 14.6 Å². The number of thiophene rings is 1. The molecule has 1 fully saturated rings. The molecule has 1 aliphatic heterocycles. The quantitative estimate of drug-likeness (QED) is 0.874. The Kier molecular flexibility index (Phi) is 5.61. The smallest absolute Gasteiger partial charge is 0.349 e. The van der Waals surface area contributed by atoms with Crippen molar-refractivity contribution in [2.24, 2.45) is 0 Å². The van der Waals surface area contributed by atoms with Gasteiger partial charge in [-0.05, 0) is 26.3 Å². The summed E-state index contributed by atoms with van der Waals surface area (Å²) in [7, 11) is 0. The van der Waals surface area contributed by atoms with Gasteiger partial charge >= 0.3 is 5.97 Å². The molecular formula is C15H23NO4S. The van der Waals surface area contributed by atoms with E-state index in [1.165, 1.54) is 11.3 Å². The predicted octanol–water partition coefficient (Wildman–Crippen LogP) is 2.50. The molecule has 0 aromatic carbocycles. The second-order valence-electron chi connectivity index (χ2n) is 5.46. The molecule has 0 bridgehead atoms. The number of carbonyl (C=O) groups is 1. The van der Waals surface area contributed by atoms with E-state index >= 15 is 0 Å². The Labute approximate surface area is 129 Å². The lowest BCUT2D eigenvalue weighted by Crippen LogP contribution is -2.47. The van der Waals surface area contributed by atoms with Crippen LogP contribution in [0.1, 0.15) is 35.3 Å². The Bertz CT molecular complexity index is 486. The molecule has 1 aromatic heterocycles. The van der Waals surface area contributed by atoms with E-state index < -0.39 is 5.97 Å². The van der Waals surface area contributed by atoms with Crippen molar-refractivity contribution < 1.29 is 19.4 Å². The molecule has 1 N–H and O–H groups in total. The molecule has 118 valence electrons. The van der Waals surface area contributed by atoms with Gasteiger partial charge in [0.2, 0.25) is 0 Å². The molecule has 1 unspecified atom stereocenters. The van der Waals surface area contributed by atoms with E-state index in [-0.39, 0.29) is 11.0 Å². The van der Waals surface area contributed by atoms with Crippen LogP contribution in [0.2, 0.25) is 0 Å². The molecule has 1 aliphatic rings. The number of carboxylic acids is 1. The number of ether oxygens (including phenoxy) is 2. The fraction of sp³-hybridized carbons (Fsp3) is 0.667. The average Bonchev–Trinajstić information content (AvgIpc) is 2.89. The van der Waals surface area contributed by atoms with E-state index in [0.717, 1.165) is 24.4 Å². The number of hydrogen-bond donors (Lipinski definition) is 1. The zero-order valence-corrected chi connectivity index (χ0v) is 13.6. The molecule has 6 heteroatoms. The molecule has 0 amide bonds. The van der Waals surface area contributed by atoms with Crippen LogP contribution < -0.4 is 4.74 Å². The summed E-state index contributed by atoms with van der Waals surface area (Å²) >= 11 is 1.28. The zero-order chi connectivity index (χ0) is 15.4. The topological polar surface area (TPSA) is 59.0 Å². The van der Waals surface area contributed by atoms with Crippen molar-refractivity contribution in [2.45, 2.75) is 39.3 Å². The lowest BCUT2D eigenvalue weighted by molar-refractivity contribution is -0.0565. The number of carboxylic acid groups (broad SMARTS) is 1. The highest BCUT2D eigenvalue weighted by molar-refractivity contribution is 7.14. The Morgan fingerprint density at radius 2 is 2.38 bits per heavy atom. The molecular weight excluding hydrogens is 290 g/mol. The van der Waals surface area contributed by atoms with Gasteiger partial charge in [0.25, 0.3) is 0 Å². The number of hydrogen-bond acceptors (Lipinski definition) is 5. The van der Waals surface area contributed by atoms with E-state index in [9.17, 15) is 9.90 Å². The second kappa shape index (κ2) is 7.24. The van der Waals surface area contributed by atoms with Crippen molar-refractivity contribution in [3.8, 4) is 5.75 Å². The van der Waals surface area contributed by atoms with E-state index in [0.29, 0.717) is 25.0 Å². The van der Waals surface area contributed by atoms with Crippen molar-refractivity contribution in [3.63, 3.8) is 0 Å². The van der Waals surface area contributed by atoms with Crippen LogP contribution in [0.25, 0.3) is 0 Å². The van der Waals surface area contributed by atoms with Gasteiger partial charge in [-0.3, -0.25) is 4.90 Å². The maximum Gasteiger partial charge on any atom is 0.349 e. The molecule has 1 aromatic rings. The Morgan fingerprint density at radius 3 is 3.00 bits per heavy atom. The maximum absolute atomic E-state index is 11.2. The number of aromatic carboxylic acids is 1. The summed E-state index contributed by atoms with van der Waals surface area (Å²) in [6.45, 7) is 9.19. The van der Waals surface area contributed by atoms with Crippen LogP contribution >= 0.6 is 11.3 Å². The third-order valence-corrected chi connectivity index (χ3v) is 4.87. The normalized spacial score (nSPS) is 19.9. The summed E-state index contributed by atoms with van der Waals surface area (Å²) < 4.78 is 11.4. The highest BCUT2D eigenvalue weighted by atomic mass is 32.1. The van der Waals surface area contributed by atoms with Gasteiger partial charge in [-0.2, -0.15) is 0 Å². The predicted molar refractivity (Wildman–Crippen MR) is 82.6 cm³/mol. The van der Waals surface area contributed by atoms with Crippen LogP contribution in [0.4, 0.5) is 0 Å². The first-order valence-corrected chi connectivity index (χ1v) is 8.17. The van der Waals surface area contributed by atoms with E-state index in [2.05, 4.69) is 18.7 Å². The fourth-order valence-corrected chi connectivity index (χ4v) is 3.23. The molecule has 0 radical (unpaired) electrons. The van der Waals surface area contributed by atoms with Gasteiger partial charge in [-0.15, -0.1) is 11.3 Å². The fourth-order valence-electron chi connectivity index (χ4n) is 2.35. The van der Waals surface area contributed by atoms with Crippen molar-refractivity contribution in [2.75, 3.05) is 26.3 Å². The summed E-state index contributed by atoms with van der Waals surface area (Å²) in [5.41, 5.74) is 0. The van der Waals surface area contributed by atoms with E-state index in [4.69, 9.17) is 9.47 Å². The average molecular weight is 313 g/mol. The van der Waals surface area contributed by atoms with Crippen molar-refractivity contribution in [1.29, 1.82) is 0 Å². The minimum atomic E-state index is -0.928. The lowest BCUT2D eigenvalue weighted by atomic mass is 10.2. The van der Waals surface area contributed by atoms with Crippen molar-refractivity contribution >= 4 is 17.3 Å².